The number of aryl methyl sites for hydroxylation is 8. The molecule has 0 saturated carbocycles. The van der Waals surface area contributed by atoms with Crippen molar-refractivity contribution < 1.29 is 85.8 Å². The molecule has 9 heterocycles. The molecule has 126 heavy (non-hydrogen) atoms. The Morgan fingerprint density at radius 1 is 0.508 bits per heavy atom. The number of likely N-dealkylation sites (tertiary alicyclic amines) is 1. The van der Waals surface area contributed by atoms with Gasteiger partial charge in [0.2, 0.25) is 29.4 Å². The first-order chi connectivity index (χ1) is 60.4. The molecular weight excluding hydrogens is 1630 g/mol. The van der Waals surface area contributed by atoms with E-state index in [-0.39, 0.29) is 127 Å². The number of aromatic nitrogens is 10. The number of halogens is 1. The van der Waals surface area contributed by atoms with Crippen LogP contribution in [0.4, 0.5) is 27.4 Å². The number of pyridine rings is 1. The summed E-state index contributed by atoms with van der Waals surface area (Å²) in [6.45, 7) is 18.5. The Hall–Kier alpha value is -12.3. The fourth-order valence-corrected chi connectivity index (χ4v) is 14.5. The number of H-pyrrole nitrogens is 1. The number of hydrogen-bond acceptors (Lipinski definition) is 23. The number of anilines is 4. The summed E-state index contributed by atoms with van der Waals surface area (Å²) in [6, 6.07) is 12.9. The van der Waals surface area contributed by atoms with Crippen LogP contribution < -0.4 is 52.8 Å². The molecule has 0 spiro atoms. The number of imidazole rings is 3. The van der Waals surface area contributed by atoms with Gasteiger partial charge in [-0.3, -0.25) is 52.8 Å². The summed E-state index contributed by atoms with van der Waals surface area (Å²) in [5.74, 6) is -2.70. The van der Waals surface area contributed by atoms with E-state index >= 15 is 0 Å². The lowest BCUT2D eigenvalue weighted by Crippen LogP contribution is -2.50. The Kier molecular flexibility index (Phi) is 33.8. The fourth-order valence-electron chi connectivity index (χ4n) is 14.5. The average Bonchev–Trinajstić information content (AvgIpc) is 1.54. The summed E-state index contributed by atoms with van der Waals surface area (Å²) >= 11 is 0. The highest BCUT2D eigenvalue weighted by molar-refractivity contribution is 6.06. The fraction of sp³-hybridized carbons (Fsp3) is 0.477. The van der Waals surface area contributed by atoms with E-state index in [2.05, 4.69) is 72.3 Å². The number of carbonyl (C=O) groups excluding carboxylic acids is 9. The second kappa shape index (κ2) is 45.0. The van der Waals surface area contributed by atoms with Gasteiger partial charge in [0.1, 0.15) is 39.9 Å². The van der Waals surface area contributed by atoms with Gasteiger partial charge in [-0.05, 0) is 119 Å². The highest BCUT2D eigenvalue weighted by Crippen LogP contribution is 2.41. The van der Waals surface area contributed by atoms with Crippen LogP contribution in [0.1, 0.15) is 126 Å². The first-order valence-electron chi connectivity index (χ1n) is 41.9. The number of piperazine rings is 1. The monoisotopic (exact) mass is 1750 g/mol. The zero-order valence-electron chi connectivity index (χ0n) is 72.9. The Balaban J connectivity index is 0.453. The van der Waals surface area contributed by atoms with Gasteiger partial charge >= 0.3 is 0 Å². The number of piperidine rings is 1. The van der Waals surface area contributed by atoms with Gasteiger partial charge in [-0.2, -0.15) is 0 Å². The first kappa shape index (κ1) is 94.4. The molecule has 2 aliphatic heterocycles. The van der Waals surface area contributed by atoms with Crippen molar-refractivity contribution in [3.8, 4) is 22.6 Å². The number of nitrogens with zero attached hydrogens (tertiary/aromatic N) is 12. The van der Waals surface area contributed by atoms with Gasteiger partial charge in [-0.15, -0.1) is 0 Å². The largest absolute Gasteiger partial charge is 0.456 e. The van der Waals surface area contributed by atoms with Crippen LogP contribution in [0, 0.1) is 25.6 Å². The summed E-state index contributed by atoms with van der Waals surface area (Å²) in [5, 5.41) is 33.0. The molecule has 10 N–H and O–H groups in total. The van der Waals surface area contributed by atoms with Gasteiger partial charge in [-0.1, -0.05) is 6.07 Å². The number of hydrogen-bond donors (Lipinski definition) is 10. The molecule has 39 nitrogen and oxygen atoms in total. The van der Waals surface area contributed by atoms with Crippen molar-refractivity contribution in [3.05, 3.63) is 159 Å². The standard InChI is InChI=1S/C86H114FN21O18/c1-55-43-59(87)44-56(2)75(55)126-68-12-11-58(86(3,4)119)45-62(68)64-52-105(10)85(118)74-63(64)48-65(95-74)84(117)108-28-26-107(27-29-108)49-57-16-23-106(24-17-57)30-32-121-34-36-123-38-40-125-42-41-124-39-37-122-35-33-120-31-22-88-71(109)13-18-92-81(114)77-98-69(53-103(77)8)96-72(110)14-19-91-80(113)67-47-61(51-102(67)7)94-83(116)78-99-70(54-104(78)9)97-73(111)15-20-90-79(112)66-46-60(50-101(66)6)93-82(115)76-89-21-25-100(76)5/h11-12,21,25,43-48,50-54,57,95,119H,13-20,22-24,26-42,49H2,1-10H3,(H,88,109)(H,90,112)(H,91,113)(H,92,114)(H,93,115)(H,94,116)(H,96,110)(H,97,111). The maximum atomic E-state index is 14.3. The maximum Gasteiger partial charge on any atom is 0.291 e. The molecule has 9 amide bonds. The number of ether oxygens (including phenoxy) is 7. The highest BCUT2D eigenvalue weighted by atomic mass is 19.1. The van der Waals surface area contributed by atoms with Gasteiger partial charge in [-0.25, -0.2) is 19.3 Å². The highest BCUT2D eigenvalue weighted by Gasteiger charge is 2.31. The molecular formula is C86H114FN21O18. The van der Waals surface area contributed by atoms with E-state index in [0.717, 1.165) is 52.1 Å². The first-order valence-corrected chi connectivity index (χ1v) is 41.9. The SMILES string of the molecule is Cc1cc(F)cc(C)c1Oc1ccc(C(C)(C)O)cc1-c1cn(C)c(=O)c2[nH]c(C(=O)N3CCN(CC4CCN(CCOCCOCCOCCOCCOCCOCCNC(=O)CCNC(=O)c5nc(NC(=O)CCNC(=O)c6cc(NC(=O)c7nc(NC(=O)CCNC(=O)c8cc(NC(=O)c9nccn9C)cn8C)cn7C)cn6C)cn5C)CC4)CC3)cc12. The molecule has 2 fully saturated rings. The van der Waals surface area contributed by atoms with Crippen LogP contribution >= 0.6 is 0 Å². The molecule has 0 radical (unpaired) electrons. The third kappa shape index (κ3) is 26.6. The molecule has 678 valence electrons. The third-order valence-electron chi connectivity index (χ3n) is 21.3. The Labute approximate surface area is 727 Å². The lowest BCUT2D eigenvalue weighted by atomic mass is 9.93. The van der Waals surface area contributed by atoms with Gasteiger partial charge in [0.15, 0.2) is 17.5 Å². The van der Waals surface area contributed by atoms with Crippen molar-refractivity contribution >= 4 is 87.1 Å². The Bertz CT molecular complexity index is 5340. The van der Waals surface area contributed by atoms with Crippen molar-refractivity contribution in [2.24, 2.45) is 48.2 Å². The van der Waals surface area contributed by atoms with Gasteiger partial charge < -0.3 is 123 Å². The minimum absolute atomic E-state index is 0.00722. The van der Waals surface area contributed by atoms with E-state index in [9.17, 15) is 57.4 Å². The molecule has 2 aliphatic rings. The molecule has 0 unspecified atom stereocenters. The molecule has 9 aromatic rings. The molecule has 11 rings (SSSR count). The molecule has 2 saturated heterocycles. The summed E-state index contributed by atoms with van der Waals surface area (Å²) in [5.41, 5.74) is 3.23. The molecule has 0 bridgehead atoms. The summed E-state index contributed by atoms with van der Waals surface area (Å²) in [7, 11) is 9.70. The van der Waals surface area contributed by atoms with Crippen LogP contribution in [0.5, 0.6) is 11.5 Å². The van der Waals surface area contributed by atoms with E-state index in [0.29, 0.717) is 148 Å². The quantitative estimate of drug-likeness (QED) is 0.0231. The number of amides is 9. The van der Waals surface area contributed by atoms with Crippen molar-refractivity contribution in [1.82, 2.24) is 83.3 Å². The van der Waals surface area contributed by atoms with Crippen LogP contribution in [0.15, 0.2) is 96.7 Å². The zero-order chi connectivity index (χ0) is 90.1. The number of fused-ring (bicyclic) bond motifs is 1. The minimum Gasteiger partial charge on any atom is -0.456 e. The molecule has 0 atom stereocenters. The summed E-state index contributed by atoms with van der Waals surface area (Å²) in [6.07, 6.45) is 12.7. The average molecular weight is 1750 g/mol. The van der Waals surface area contributed by atoms with Gasteiger partial charge in [0, 0.05) is 187 Å². The van der Waals surface area contributed by atoms with E-state index in [1.54, 1.807) is 111 Å². The number of aromatic amines is 1. The lowest BCUT2D eigenvalue weighted by molar-refractivity contribution is -0.121. The number of benzene rings is 2. The van der Waals surface area contributed by atoms with Gasteiger partial charge in [0.05, 0.1) is 96.3 Å². The molecule has 0 aliphatic carbocycles. The Morgan fingerprint density at radius 3 is 1.53 bits per heavy atom. The number of carbonyl (C=O) groups is 9. The molecule has 2 aromatic carbocycles. The van der Waals surface area contributed by atoms with Crippen LogP contribution in [0.3, 0.4) is 0 Å². The van der Waals surface area contributed by atoms with Crippen LogP contribution in [-0.2, 0) is 90.7 Å². The van der Waals surface area contributed by atoms with E-state index in [4.69, 9.17) is 33.2 Å². The lowest BCUT2D eigenvalue weighted by Gasteiger charge is -2.38. The molecule has 7 aromatic heterocycles. The van der Waals surface area contributed by atoms with Crippen LogP contribution in [-0.4, -0.2) is 278 Å². The van der Waals surface area contributed by atoms with Gasteiger partial charge in [0.25, 0.3) is 41.0 Å². The van der Waals surface area contributed by atoms with Crippen molar-refractivity contribution in [2.75, 3.05) is 179 Å². The topological polar surface area (TPSA) is 446 Å². The van der Waals surface area contributed by atoms with Crippen molar-refractivity contribution in [1.29, 1.82) is 0 Å². The number of nitrogens with one attached hydrogen (secondary N) is 9. The minimum atomic E-state index is -1.20. The summed E-state index contributed by atoms with van der Waals surface area (Å²) < 4.78 is 63.6. The van der Waals surface area contributed by atoms with Crippen molar-refractivity contribution in [2.45, 2.75) is 65.4 Å². The predicted molar refractivity (Wildman–Crippen MR) is 464 cm³/mol. The maximum absolute atomic E-state index is 14.3. The number of rotatable bonds is 46. The van der Waals surface area contributed by atoms with Crippen LogP contribution in [0.2, 0.25) is 0 Å². The van der Waals surface area contributed by atoms with E-state index in [1.807, 2.05) is 11.0 Å². The van der Waals surface area contributed by atoms with Crippen molar-refractivity contribution in [3.63, 3.8) is 0 Å². The second-order valence-corrected chi connectivity index (χ2v) is 31.5. The second-order valence-electron chi connectivity index (χ2n) is 31.5. The molecule has 40 heteroatoms. The predicted octanol–water partition coefficient (Wildman–Crippen LogP) is 4.71. The smallest absolute Gasteiger partial charge is 0.291 e. The Morgan fingerprint density at radius 2 is 1.01 bits per heavy atom. The summed E-state index contributed by atoms with van der Waals surface area (Å²) in [4.78, 5) is 153. The van der Waals surface area contributed by atoms with E-state index in [1.165, 1.54) is 71.9 Å². The van der Waals surface area contributed by atoms with E-state index < -0.39 is 47.0 Å². The van der Waals surface area contributed by atoms with Crippen LogP contribution in [0.25, 0.3) is 22.0 Å². The number of aliphatic hydroxyl groups is 1. The zero-order valence-corrected chi connectivity index (χ0v) is 72.9. The third-order valence-corrected chi connectivity index (χ3v) is 21.3. The normalized spacial score (nSPS) is 13.4.